The summed E-state index contributed by atoms with van der Waals surface area (Å²) in [6.07, 6.45) is 2.12. The van der Waals surface area contributed by atoms with Crippen molar-refractivity contribution in [3.63, 3.8) is 0 Å². The van der Waals surface area contributed by atoms with Gasteiger partial charge in [-0.25, -0.2) is 9.78 Å². The van der Waals surface area contributed by atoms with Gasteiger partial charge in [0.15, 0.2) is 0 Å². The molecule has 0 aliphatic carbocycles. The van der Waals surface area contributed by atoms with Gasteiger partial charge in [0.25, 0.3) is 0 Å². The molecule has 0 amide bonds. The molecule has 7 heteroatoms. The molecule has 116 valence electrons. The van der Waals surface area contributed by atoms with Crippen LogP contribution in [0.15, 0.2) is 24.4 Å². The van der Waals surface area contributed by atoms with Gasteiger partial charge in [-0.3, -0.25) is 0 Å². The number of nitrogens with one attached hydrogen (secondary N) is 1. The third kappa shape index (κ3) is 3.12. The Bertz CT molecular complexity index is 697. The van der Waals surface area contributed by atoms with E-state index in [-0.39, 0.29) is 18.8 Å². The summed E-state index contributed by atoms with van der Waals surface area (Å²) in [5.74, 6) is -0.0146. The number of ether oxygens (including phenoxy) is 1. The number of benzene rings is 1. The maximum Gasteiger partial charge on any atom is 0.356 e. The molecule has 0 unspecified atom stereocenters. The van der Waals surface area contributed by atoms with E-state index in [1.807, 2.05) is 0 Å². The minimum absolute atomic E-state index is 0.00919. The molecular weight excluding hydrogens is 306 g/mol. The van der Waals surface area contributed by atoms with Gasteiger partial charge in [-0.15, -0.1) is 0 Å². The predicted molar refractivity (Wildman–Crippen MR) is 84.2 cm³/mol. The van der Waals surface area contributed by atoms with E-state index in [2.05, 4.69) is 10.3 Å². The average molecular weight is 322 g/mol. The molecule has 0 saturated heterocycles. The third-order valence-corrected chi connectivity index (χ3v) is 3.32. The monoisotopic (exact) mass is 321 g/mol. The third-order valence-electron chi connectivity index (χ3n) is 3.09. The highest BCUT2D eigenvalue weighted by Gasteiger charge is 2.20. The summed E-state index contributed by atoms with van der Waals surface area (Å²) >= 11 is 5.98. The Hall–Kier alpha value is -2.34. The number of aldehydes is 1. The average Bonchev–Trinajstić information content (AvgIpc) is 2.91. The molecule has 22 heavy (non-hydrogen) atoms. The summed E-state index contributed by atoms with van der Waals surface area (Å²) in [6, 6.07) is 5.26. The smallest absolute Gasteiger partial charge is 0.356 e. The molecule has 0 atom stereocenters. The number of halogens is 1. The molecule has 2 aromatic rings. The van der Waals surface area contributed by atoms with E-state index >= 15 is 0 Å². The summed E-state index contributed by atoms with van der Waals surface area (Å²) in [4.78, 5) is 27.2. The van der Waals surface area contributed by atoms with E-state index in [9.17, 15) is 9.59 Å². The Labute approximate surface area is 133 Å². The molecule has 6 nitrogen and oxygen atoms in total. The quantitative estimate of drug-likeness (QED) is 0.654. The fourth-order valence-corrected chi connectivity index (χ4v) is 2.31. The Balaban J connectivity index is 2.56. The molecule has 0 spiro atoms. The lowest BCUT2D eigenvalue weighted by Gasteiger charge is -2.12. The van der Waals surface area contributed by atoms with E-state index in [0.29, 0.717) is 17.1 Å². The van der Waals surface area contributed by atoms with Gasteiger partial charge >= 0.3 is 5.97 Å². The van der Waals surface area contributed by atoms with Crippen LogP contribution in [0.3, 0.4) is 0 Å². The highest BCUT2D eigenvalue weighted by atomic mass is 35.5. The van der Waals surface area contributed by atoms with Crippen LogP contribution in [-0.2, 0) is 16.1 Å². The van der Waals surface area contributed by atoms with Crippen LogP contribution in [0.2, 0.25) is 5.02 Å². The first kappa shape index (κ1) is 16.0. The van der Waals surface area contributed by atoms with Gasteiger partial charge in [0.05, 0.1) is 19.3 Å². The number of imidazole rings is 1. The van der Waals surface area contributed by atoms with Crippen LogP contribution in [0.25, 0.3) is 11.4 Å². The molecule has 1 aromatic carbocycles. The van der Waals surface area contributed by atoms with Crippen LogP contribution in [0.1, 0.15) is 17.4 Å². The molecule has 0 bridgehead atoms. The second kappa shape index (κ2) is 7.09. The number of hydrogen-bond acceptors (Lipinski definition) is 5. The van der Waals surface area contributed by atoms with Crippen LogP contribution >= 0.6 is 11.6 Å². The van der Waals surface area contributed by atoms with Gasteiger partial charge in [0.1, 0.15) is 17.8 Å². The van der Waals surface area contributed by atoms with Gasteiger partial charge in [0, 0.05) is 23.3 Å². The maximum atomic E-state index is 12.0. The topological polar surface area (TPSA) is 73.2 Å². The van der Waals surface area contributed by atoms with Crippen LogP contribution in [-0.4, -0.2) is 35.5 Å². The summed E-state index contributed by atoms with van der Waals surface area (Å²) in [6.45, 7) is 1.98. The van der Waals surface area contributed by atoms with E-state index in [1.54, 1.807) is 32.2 Å². The minimum atomic E-state index is -0.511. The van der Waals surface area contributed by atoms with Crippen molar-refractivity contribution < 1.29 is 14.3 Å². The number of hydrogen-bond donors (Lipinski definition) is 1. The van der Waals surface area contributed by atoms with Gasteiger partial charge in [-0.1, -0.05) is 11.6 Å². The van der Waals surface area contributed by atoms with Crippen molar-refractivity contribution in [3.8, 4) is 11.4 Å². The van der Waals surface area contributed by atoms with Crippen LogP contribution in [0.4, 0.5) is 5.69 Å². The Morgan fingerprint density at radius 1 is 1.50 bits per heavy atom. The predicted octanol–water partition coefficient (Wildman–Crippen LogP) is 2.62. The Kier molecular flexibility index (Phi) is 5.16. The molecule has 0 radical (unpaired) electrons. The van der Waals surface area contributed by atoms with E-state index < -0.39 is 5.97 Å². The van der Waals surface area contributed by atoms with Crippen LogP contribution in [0, 0.1) is 0 Å². The summed E-state index contributed by atoms with van der Waals surface area (Å²) in [5.41, 5.74) is 1.73. The van der Waals surface area contributed by atoms with Crippen molar-refractivity contribution in [1.82, 2.24) is 9.55 Å². The zero-order valence-electron chi connectivity index (χ0n) is 12.3. The number of nitrogens with zero attached hydrogens (tertiary/aromatic N) is 2. The van der Waals surface area contributed by atoms with Crippen LogP contribution < -0.4 is 5.32 Å². The number of carbonyl (C=O) groups is 2. The van der Waals surface area contributed by atoms with Crippen molar-refractivity contribution in [2.75, 3.05) is 19.0 Å². The van der Waals surface area contributed by atoms with Crippen molar-refractivity contribution in [1.29, 1.82) is 0 Å². The second-order valence-electron chi connectivity index (χ2n) is 4.40. The van der Waals surface area contributed by atoms with Gasteiger partial charge in [-0.05, 0) is 25.1 Å². The van der Waals surface area contributed by atoms with E-state index in [1.165, 1.54) is 10.8 Å². The molecule has 1 N–H and O–H groups in total. The molecule has 0 aliphatic rings. The molecule has 2 rings (SSSR count). The van der Waals surface area contributed by atoms with Gasteiger partial charge in [-0.2, -0.15) is 0 Å². The number of rotatable bonds is 6. The lowest BCUT2D eigenvalue weighted by molar-refractivity contribution is -0.108. The lowest BCUT2D eigenvalue weighted by Crippen LogP contribution is -2.14. The summed E-state index contributed by atoms with van der Waals surface area (Å²) in [7, 11) is 1.76. The van der Waals surface area contributed by atoms with E-state index in [4.69, 9.17) is 16.3 Å². The summed E-state index contributed by atoms with van der Waals surface area (Å²) in [5, 5.41) is 3.60. The number of carbonyl (C=O) groups excluding carboxylic acids is 2. The standard InChI is InChI=1S/C15H16ClN3O3/c1-3-22-15(21)13-9-18-14(19(13)6-7-20)11-5-4-10(16)8-12(11)17-2/h4-5,7-9,17H,3,6H2,1-2H3. The van der Waals surface area contributed by atoms with Gasteiger partial charge < -0.3 is 19.4 Å². The minimum Gasteiger partial charge on any atom is -0.461 e. The first-order valence-corrected chi connectivity index (χ1v) is 7.14. The molecule has 0 fully saturated rings. The van der Waals surface area contributed by atoms with Crippen molar-refractivity contribution >= 4 is 29.5 Å². The molecule has 0 aliphatic heterocycles. The van der Waals surface area contributed by atoms with E-state index in [0.717, 1.165) is 11.3 Å². The van der Waals surface area contributed by atoms with Gasteiger partial charge in [0.2, 0.25) is 0 Å². The first-order chi connectivity index (χ1) is 10.6. The van der Waals surface area contributed by atoms with Crippen molar-refractivity contribution in [2.24, 2.45) is 0 Å². The zero-order valence-corrected chi connectivity index (χ0v) is 13.1. The Morgan fingerprint density at radius 2 is 2.27 bits per heavy atom. The Morgan fingerprint density at radius 3 is 2.91 bits per heavy atom. The molecule has 0 saturated carbocycles. The fourth-order valence-electron chi connectivity index (χ4n) is 2.14. The van der Waals surface area contributed by atoms with Crippen LogP contribution in [0.5, 0.6) is 0 Å². The lowest BCUT2D eigenvalue weighted by atomic mass is 10.1. The maximum absolute atomic E-state index is 12.0. The molecular formula is C15H16ClN3O3. The van der Waals surface area contributed by atoms with Crippen molar-refractivity contribution in [2.45, 2.75) is 13.5 Å². The largest absolute Gasteiger partial charge is 0.461 e. The normalized spacial score (nSPS) is 10.3. The first-order valence-electron chi connectivity index (χ1n) is 6.76. The van der Waals surface area contributed by atoms with Crippen molar-refractivity contribution in [3.05, 3.63) is 35.1 Å². The molecule has 1 heterocycles. The fraction of sp³-hybridized carbons (Fsp3) is 0.267. The number of aromatic nitrogens is 2. The number of anilines is 1. The SMILES string of the molecule is CCOC(=O)c1cnc(-c2ccc(Cl)cc2NC)n1CC=O. The molecule has 1 aromatic heterocycles. The summed E-state index contributed by atoms with van der Waals surface area (Å²) < 4.78 is 6.51. The second-order valence-corrected chi connectivity index (χ2v) is 4.84. The highest BCUT2D eigenvalue weighted by molar-refractivity contribution is 6.31. The number of esters is 1. The zero-order chi connectivity index (χ0) is 16.1. The highest BCUT2D eigenvalue weighted by Crippen LogP contribution is 2.30.